The molecule has 7 rings (SSSR count). The fraction of sp³-hybridized carbons (Fsp3) is 0.118. The van der Waals surface area contributed by atoms with Crippen LogP contribution in [0.25, 0.3) is 5.69 Å². The van der Waals surface area contributed by atoms with Gasteiger partial charge in [0, 0.05) is 11.3 Å². The quantitative estimate of drug-likeness (QED) is 0.224. The van der Waals surface area contributed by atoms with Gasteiger partial charge < -0.3 is 15.0 Å². The van der Waals surface area contributed by atoms with Gasteiger partial charge >= 0.3 is 5.97 Å². The molecule has 2 aliphatic heterocycles. The zero-order valence-corrected chi connectivity index (χ0v) is 23.5. The van der Waals surface area contributed by atoms with Gasteiger partial charge in [0.25, 0.3) is 0 Å². The Kier molecular flexibility index (Phi) is 6.54. The van der Waals surface area contributed by atoms with Crippen molar-refractivity contribution >= 4 is 40.5 Å². The van der Waals surface area contributed by atoms with Crippen LogP contribution in [-0.2, 0) is 4.74 Å². The number of benzene rings is 4. The van der Waals surface area contributed by atoms with Gasteiger partial charge in [-0.2, -0.15) is 5.10 Å². The number of aromatic nitrogens is 2. The summed E-state index contributed by atoms with van der Waals surface area (Å²) in [5.74, 6) is 1.11. The van der Waals surface area contributed by atoms with Crippen molar-refractivity contribution in [3.8, 4) is 5.69 Å². The summed E-state index contributed by atoms with van der Waals surface area (Å²) in [4.78, 5) is 24.5. The maximum atomic E-state index is 14.1. The Morgan fingerprint density at radius 1 is 0.907 bits per heavy atom. The van der Waals surface area contributed by atoms with Crippen LogP contribution in [0.5, 0.6) is 0 Å². The molecule has 43 heavy (non-hydrogen) atoms. The fourth-order valence-electron chi connectivity index (χ4n) is 5.55. The number of esters is 1. The Morgan fingerprint density at radius 3 is 2.37 bits per heavy atom. The average molecular weight is 571 g/mol. The SMILES string of the molecule is CCOC(=O)c1ccc(NC2=Nc3ccccc3N3C2=Nc2c(c(C)nn2-c2ccccc2)[C@H]3c2ccc(F)cc2)cc1. The molecular formula is C34H27FN6O2. The molecule has 0 unspecified atom stereocenters. The molecule has 4 aromatic carbocycles. The third kappa shape index (κ3) is 4.64. The van der Waals surface area contributed by atoms with Gasteiger partial charge in [0.1, 0.15) is 5.82 Å². The Labute approximate surface area is 247 Å². The van der Waals surface area contributed by atoms with Crippen LogP contribution in [-0.4, -0.2) is 34.0 Å². The first kappa shape index (κ1) is 26.3. The molecule has 212 valence electrons. The predicted molar refractivity (Wildman–Crippen MR) is 166 cm³/mol. The summed E-state index contributed by atoms with van der Waals surface area (Å²) in [6, 6.07) is 31.0. The van der Waals surface area contributed by atoms with E-state index in [1.165, 1.54) is 12.1 Å². The van der Waals surface area contributed by atoms with Gasteiger partial charge in [-0.25, -0.2) is 23.9 Å². The third-order valence-corrected chi connectivity index (χ3v) is 7.48. The first-order valence-corrected chi connectivity index (χ1v) is 14.0. The number of para-hydroxylation sites is 3. The number of ether oxygens (including phenoxy) is 1. The van der Waals surface area contributed by atoms with Gasteiger partial charge in [-0.05, 0) is 80.1 Å². The van der Waals surface area contributed by atoms with Crippen LogP contribution in [0.4, 0.5) is 27.3 Å². The molecule has 0 fully saturated rings. The normalized spacial score (nSPS) is 15.0. The highest BCUT2D eigenvalue weighted by Crippen LogP contribution is 2.48. The van der Waals surface area contributed by atoms with E-state index in [9.17, 15) is 9.18 Å². The van der Waals surface area contributed by atoms with Gasteiger partial charge in [0.2, 0.25) is 0 Å². The molecule has 0 radical (unpaired) electrons. The molecule has 9 heteroatoms. The lowest BCUT2D eigenvalue weighted by Gasteiger charge is -2.40. The lowest BCUT2D eigenvalue weighted by Crippen LogP contribution is -2.46. The maximum Gasteiger partial charge on any atom is 0.338 e. The minimum atomic E-state index is -0.375. The number of anilines is 2. The van der Waals surface area contributed by atoms with Gasteiger partial charge in [0.15, 0.2) is 17.5 Å². The molecule has 3 heterocycles. The molecule has 0 aliphatic carbocycles. The van der Waals surface area contributed by atoms with Crippen molar-refractivity contribution in [1.29, 1.82) is 0 Å². The number of nitrogens with zero attached hydrogens (tertiary/aromatic N) is 5. The second kappa shape index (κ2) is 10.7. The largest absolute Gasteiger partial charge is 0.462 e. The van der Waals surface area contributed by atoms with Crippen molar-refractivity contribution < 1.29 is 13.9 Å². The van der Waals surface area contributed by atoms with Crippen molar-refractivity contribution in [3.63, 3.8) is 0 Å². The van der Waals surface area contributed by atoms with E-state index in [2.05, 4.69) is 10.2 Å². The maximum absolute atomic E-state index is 14.1. The van der Waals surface area contributed by atoms with Crippen molar-refractivity contribution in [1.82, 2.24) is 9.78 Å². The van der Waals surface area contributed by atoms with E-state index in [1.807, 2.05) is 90.5 Å². The fourth-order valence-corrected chi connectivity index (χ4v) is 5.55. The molecule has 0 bridgehead atoms. The molecule has 0 saturated carbocycles. The lowest BCUT2D eigenvalue weighted by atomic mass is 9.93. The van der Waals surface area contributed by atoms with Crippen LogP contribution < -0.4 is 10.2 Å². The Hall–Kier alpha value is -5.57. The minimum Gasteiger partial charge on any atom is -0.462 e. The number of hydrogen-bond acceptors (Lipinski definition) is 7. The predicted octanol–water partition coefficient (Wildman–Crippen LogP) is 7.29. The number of rotatable bonds is 5. The van der Waals surface area contributed by atoms with Crippen LogP contribution in [0.2, 0.25) is 0 Å². The summed E-state index contributed by atoms with van der Waals surface area (Å²) in [6.45, 7) is 4.06. The van der Waals surface area contributed by atoms with Gasteiger partial charge in [0.05, 0.1) is 41.0 Å². The number of nitrogens with one attached hydrogen (secondary N) is 1. The van der Waals surface area contributed by atoms with Gasteiger partial charge in [-0.3, -0.25) is 0 Å². The summed E-state index contributed by atoms with van der Waals surface area (Å²) in [5, 5.41) is 8.36. The number of carbonyl (C=O) groups is 1. The second-order valence-corrected chi connectivity index (χ2v) is 10.2. The number of halogens is 1. The topological polar surface area (TPSA) is 84.1 Å². The highest BCUT2D eigenvalue weighted by Gasteiger charge is 2.41. The summed E-state index contributed by atoms with van der Waals surface area (Å²) >= 11 is 0. The molecule has 5 aromatic rings. The molecule has 1 aromatic heterocycles. The Morgan fingerprint density at radius 2 is 1.63 bits per heavy atom. The van der Waals surface area contributed by atoms with Crippen molar-refractivity contribution in [2.75, 3.05) is 16.8 Å². The molecule has 1 atom stereocenters. The smallest absolute Gasteiger partial charge is 0.338 e. The molecule has 0 spiro atoms. The van der Waals surface area contributed by atoms with Crippen LogP contribution in [0.1, 0.15) is 40.1 Å². The first-order valence-electron chi connectivity index (χ1n) is 14.0. The molecule has 0 saturated heterocycles. The zero-order valence-electron chi connectivity index (χ0n) is 23.5. The average Bonchev–Trinajstić information content (AvgIpc) is 3.37. The third-order valence-electron chi connectivity index (χ3n) is 7.48. The molecule has 0 amide bonds. The highest BCUT2D eigenvalue weighted by molar-refractivity contribution is 6.51. The number of aliphatic imine (C=N–C) groups is 2. The zero-order chi connectivity index (χ0) is 29.5. The monoisotopic (exact) mass is 570 g/mol. The Bertz CT molecular complexity index is 1900. The van der Waals surface area contributed by atoms with E-state index >= 15 is 0 Å². The van der Waals surface area contributed by atoms with Crippen LogP contribution in [0, 0.1) is 12.7 Å². The van der Waals surface area contributed by atoms with E-state index < -0.39 is 0 Å². The van der Waals surface area contributed by atoms with E-state index in [0.29, 0.717) is 29.7 Å². The second-order valence-electron chi connectivity index (χ2n) is 10.2. The Balaban J connectivity index is 1.41. The minimum absolute atomic E-state index is 0.306. The van der Waals surface area contributed by atoms with Crippen molar-refractivity contribution in [2.45, 2.75) is 19.9 Å². The van der Waals surface area contributed by atoms with Gasteiger partial charge in [-0.15, -0.1) is 0 Å². The number of fused-ring (bicyclic) bond motifs is 4. The van der Waals surface area contributed by atoms with E-state index in [0.717, 1.165) is 39.6 Å². The number of carbonyl (C=O) groups excluding carboxylic acids is 1. The van der Waals surface area contributed by atoms with Crippen LogP contribution >= 0.6 is 0 Å². The summed E-state index contributed by atoms with van der Waals surface area (Å²) < 4.78 is 21.1. The molecular weight excluding hydrogens is 543 g/mol. The number of aryl methyl sites for hydroxylation is 1. The van der Waals surface area contributed by atoms with E-state index in [4.69, 9.17) is 19.8 Å². The summed E-state index contributed by atoms with van der Waals surface area (Å²) in [6.07, 6.45) is 0. The first-order chi connectivity index (χ1) is 21.0. The molecule has 2 aliphatic rings. The van der Waals surface area contributed by atoms with Crippen molar-refractivity contribution in [2.24, 2.45) is 9.98 Å². The van der Waals surface area contributed by atoms with Crippen LogP contribution in [0.3, 0.4) is 0 Å². The summed E-state index contributed by atoms with van der Waals surface area (Å²) in [5.41, 5.74) is 6.33. The molecule has 1 N–H and O–H groups in total. The van der Waals surface area contributed by atoms with E-state index in [1.54, 1.807) is 19.1 Å². The van der Waals surface area contributed by atoms with Crippen molar-refractivity contribution in [3.05, 3.63) is 131 Å². The van der Waals surface area contributed by atoms with Gasteiger partial charge in [-0.1, -0.05) is 42.5 Å². The van der Waals surface area contributed by atoms with E-state index in [-0.39, 0.29) is 17.8 Å². The molecule has 8 nitrogen and oxygen atoms in total. The summed E-state index contributed by atoms with van der Waals surface area (Å²) in [7, 11) is 0. The number of hydrogen-bond donors (Lipinski definition) is 1. The standard InChI is InChI=1S/C34H27FN6O2/c1-3-43-34(42)23-15-19-25(20-16-23)36-31-33-38-32-29(21(2)39-41(32)26-9-5-4-6-10-26)30(22-13-17-24(35)18-14-22)40(33)28-12-8-7-11-27(28)37-31/h4-20,30H,3H2,1-2H3,(H,36,37)/t30-/m1/s1. The lowest BCUT2D eigenvalue weighted by molar-refractivity contribution is 0.0526. The number of amidine groups is 2. The van der Waals surface area contributed by atoms with Crippen LogP contribution in [0.15, 0.2) is 113 Å². The highest BCUT2D eigenvalue weighted by atomic mass is 19.1.